The van der Waals surface area contributed by atoms with Crippen LogP contribution in [-0.2, 0) is 19.0 Å². The van der Waals surface area contributed by atoms with E-state index in [0.29, 0.717) is 69.6 Å². The van der Waals surface area contributed by atoms with Crippen molar-refractivity contribution in [2.45, 2.75) is 0 Å². The van der Waals surface area contributed by atoms with Crippen LogP contribution in [0.15, 0.2) is 46.9 Å². The predicted octanol–water partition coefficient (Wildman–Crippen LogP) is 2.57. The molecule has 0 aliphatic carbocycles. The number of hydrogen-bond acceptors (Lipinski definition) is 7. The monoisotopic (exact) mass is 505 g/mol. The first-order valence-electron chi connectivity index (χ1n) is 10.4. The zero-order chi connectivity index (χ0) is 22.8. The van der Waals surface area contributed by atoms with Crippen molar-refractivity contribution in [1.82, 2.24) is 5.32 Å². The molecule has 5 N–H and O–H groups in total. The van der Waals surface area contributed by atoms with E-state index in [9.17, 15) is 9.90 Å². The number of nitrogens with two attached hydrogens (primary N) is 1. The van der Waals surface area contributed by atoms with Crippen molar-refractivity contribution in [3.63, 3.8) is 0 Å². The number of hydrogen-bond donors (Lipinski definition) is 4. The summed E-state index contributed by atoms with van der Waals surface area (Å²) < 4.78 is 17.2. The van der Waals surface area contributed by atoms with Crippen LogP contribution in [0.2, 0.25) is 0 Å². The van der Waals surface area contributed by atoms with Crippen LogP contribution in [0.1, 0.15) is 11.1 Å². The Labute approximate surface area is 195 Å². The van der Waals surface area contributed by atoms with Gasteiger partial charge >= 0.3 is 0 Å². The fraction of sp³-hybridized carbons (Fsp3) is 0.348. The van der Waals surface area contributed by atoms with E-state index < -0.39 is 0 Å². The Hall–Kier alpha value is -2.43. The molecule has 8 nitrogen and oxygen atoms in total. The van der Waals surface area contributed by atoms with Crippen LogP contribution in [0.25, 0.3) is 11.3 Å². The molecule has 1 amide bonds. The van der Waals surface area contributed by atoms with Crippen LogP contribution >= 0.6 is 15.9 Å². The minimum atomic E-state index is -0.199. The zero-order valence-electron chi connectivity index (χ0n) is 17.7. The quantitative estimate of drug-likeness (QED) is 0.244. The molecule has 2 aromatic rings. The highest BCUT2D eigenvalue weighted by Gasteiger charge is 2.28. The smallest absolute Gasteiger partial charge is 0.258 e. The number of amides is 1. The van der Waals surface area contributed by atoms with Crippen LogP contribution in [0.5, 0.6) is 5.75 Å². The van der Waals surface area contributed by atoms with Gasteiger partial charge in [-0.3, -0.25) is 4.79 Å². The third-order valence-corrected chi connectivity index (χ3v) is 5.16. The molecule has 0 atom stereocenters. The maximum absolute atomic E-state index is 12.8. The summed E-state index contributed by atoms with van der Waals surface area (Å²) in [6, 6.07) is 12.4. The Morgan fingerprint density at radius 1 is 1.00 bits per heavy atom. The average Bonchev–Trinajstić information content (AvgIpc) is 3.09. The summed E-state index contributed by atoms with van der Waals surface area (Å²) in [5.74, 6) is -0.0748. The number of anilines is 1. The van der Waals surface area contributed by atoms with Crippen molar-refractivity contribution in [1.29, 1.82) is 0 Å². The predicted molar refractivity (Wildman–Crippen MR) is 127 cm³/mol. The second-order valence-corrected chi connectivity index (χ2v) is 7.91. The van der Waals surface area contributed by atoms with Crippen molar-refractivity contribution >= 4 is 38.8 Å². The molecule has 0 bridgehead atoms. The number of carbonyl (C=O) groups excluding carboxylic acids is 1. The number of benzene rings is 2. The summed E-state index contributed by atoms with van der Waals surface area (Å²) >= 11 is 3.47. The number of aromatic hydroxyl groups is 1. The fourth-order valence-electron chi connectivity index (χ4n) is 3.26. The van der Waals surface area contributed by atoms with Gasteiger partial charge in [0.05, 0.1) is 50.9 Å². The summed E-state index contributed by atoms with van der Waals surface area (Å²) in [6.07, 6.45) is 0. The maximum Gasteiger partial charge on any atom is 0.258 e. The van der Waals surface area contributed by atoms with Gasteiger partial charge in [-0.1, -0.05) is 28.1 Å². The molecule has 1 heterocycles. The van der Waals surface area contributed by atoms with E-state index in [1.807, 2.05) is 24.3 Å². The summed E-state index contributed by atoms with van der Waals surface area (Å²) in [7, 11) is 0. The molecule has 0 saturated heterocycles. The Balaban J connectivity index is 1.61. The van der Waals surface area contributed by atoms with Crippen LogP contribution in [-0.4, -0.2) is 63.7 Å². The number of nitrogens with one attached hydrogen (secondary N) is 2. The number of halogens is 1. The van der Waals surface area contributed by atoms with Gasteiger partial charge in [-0.2, -0.15) is 0 Å². The first-order valence-corrected chi connectivity index (χ1v) is 11.2. The van der Waals surface area contributed by atoms with E-state index in [2.05, 4.69) is 26.6 Å². The largest absolute Gasteiger partial charge is 0.508 e. The molecule has 0 spiro atoms. The second kappa shape index (κ2) is 12.6. The summed E-state index contributed by atoms with van der Waals surface area (Å²) in [5.41, 5.74) is 8.75. The summed E-state index contributed by atoms with van der Waals surface area (Å²) in [5, 5.41) is 16.2. The van der Waals surface area contributed by atoms with Crippen molar-refractivity contribution in [3.8, 4) is 5.75 Å². The summed E-state index contributed by atoms with van der Waals surface area (Å²) in [4.78, 5) is 12.8. The molecule has 32 heavy (non-hydrogen) atoms. The molecule has 0 aromatic heterocycles. The van der Waals surface area contributed by atoms with Crippen molar-refractivity contribution < 1.29 is 24.1 Å². The van der Waals surface area contributed by atoms with E-state index in [1.165, 1.54) is 0 Å². The van der Waals surface area contributed by atoms with E-state index in [0.717, 1.165) is 15.7 Å². The van der Waals surface area contributed by atoms with Gasteiger partial charge in [0.15, 0.2) is 0 Å². The van der Waals surface area contributed by atoms with Gasteiger partial charge in [0.1, 0.15) is 5.75 Å². The topological polar surface area (TPSA) is 115 Å². The molecule has 1 aliphatic heterocycles. The van der Waals surface area contributed by atoms with Crippen LogP contribution in [0.3, 0.4) is 0 Å². The van der Waals surface area contributed by atoms with Crippen LogP contribution in [0, 0.1) is 0 Å². The highest BCUT2D eigenvalue weighted by Crippen LogP contribution is 2.38. The summed E-state index contributed by atoms with van der Waals surface area (Å²) in [6.45, 7) is 3.87. The number of fused-ring (bicyclic) bond motifs is 1. The molecule has 9 heteroatoms. The van der Waals surface area contributed by atoms with E-state index >= 15 is 0 Å². The SMILES string of the molecule is NCCOCCOCCOCCN/C(=C1\C(=O)Nc2ccc(Br)cc21)c1cccc(O)c1. The first-order chi connectivity index (χ1) is 15.6. The molecular weight excluding hydrogens is 478 g/mol. The number of carbonyl (C=O) groups is 1. The number of rotatable bonds is 13. The van der Waals surface area contributed by atoms with Crippen molar-refractivity contribution in [3.05, 3.63) is 58.1 Å². The third-order valence-electron chi connectivity index (χ3n) is 4.67. The Morgan fingerprint density at radius 2 is 1.72 bits per heavy atom. The lowest BCUT2D eigenvalue weighted by atomic mass is 10.00. The lowest BCUT2D eigenvalue weighted by Gasteiger charge is -2.15. The molecule has 2 aromatic carbocycles. The third kappa shape index (κ3) is 6.78. The number of phenolic OH excluding ortho intramolecular Hbond substituents is 1. The van der Waals surface area contributed by atoms with E-state index in [-0.39, 0.29) is 11.7 Å². The first kappa shape index (κ1) is 24.2. The van der Waals surface area contributed by atoms with Crippen molar-refractivity contribution in [2.24, 2.45) is 5.73 Å². The number of phenols is 1. The zero-order valence-corrected chi connectivity index (χ0v) is 19.3. The normalized spacial score (nSPS) is 14.2. The minimum Gasteiger partial charge on any atom is -0.508 e. The molecule has 0 fully saturated rings. The highest BCUT2D eigenvalue weighted by atomic mass is 79.9. The Bertz CT molecular complexity index is 951. The molecule has 1 aliphatic rings. The van der Waals surface area contributed by atoms with Gasteiger partial charge in [-0.05, 0) is 30.3 Å². The van der Waals surface area contributed by atoms with Gasteiger partial charge in [0.25, 0.3) is 5.91 Å². The molecule has 172 valence electrons. The minimum absolute atomic E-state index is 0.124. The maximum atomic E-state index is 12.8. The van der Waals surface area contributed by atoms with Gasteiger partial charge < -0.3 is 35.7 Å². The van der Waals surface area contributed by atoms with E-state index in [4.69, 9.17) is 19.9 Å². The second-order valence-electron chi connectivity index (χ2n) is 7.00. The molecule has 3 rings (SSSR count). The number of ether oxygens (including phenoxy) is 3. The highest BCUT2D eigenvalue weighted by molar-refractivity contribution is 9.10. The average molecular weight is 506 g/mol. The molecule has 0 radical (unpaired) electrons. The molecule has 0 unspecified atom stereocenters. The van der Waals surface area contributed by atoms with Gasteiger partial charge in [0, 0.05) is 34.4 Å². The lowest BCUT2D eigenvalue weighted by molar-refractivity contribution is -0.110. The van der Waals surface area contributed by atoms with Gasteiger partial charge in [-0.15, -0.1) is 0 Å². The van der Waals surface area contributed by atoms with Crippen molar-refractivity contribution in [2.75, 3.05) is 58.0 Å². The van der Waals surface area contributed by atoms with Gasteiger partial charge in [-0.25, -0.2) is 0 Å². The van der Waals surface area contributed by atoms with Crippen LogP contribution < -0.4 is 16.4 Å². The molecule has 0 saturated carbocycles. The Kier molecular flexibility index (Phi) is 9.51. The van der Waals surface area contributed by atoms with Crippen LogP contribution in [0.4, 0.5) is 5.69 Å². The lowest BCUT2D eigenvalue weighted by Crippen LogP contribution is -2.22. The standard InChI is InChI=1S/C23H28BrN3O5/c24-17-4-5-20-19(15-17)21(23(29)27-20)22(16-2-1-3-18(28)14-16)26-7-9-31-11-13-32-12-10-30-8-6-25/h1-5,14-15,26,28H,6-13,25H2,(H,27,29)/b22-21-. The van der Waals surface area contributed by atoms with E-state index in [1.54, 1.807) is 18.2 Å². The van der Waals surface area contributed by atoms with Gasteiger partial charge in [0.2, 0.25) is 0 Å². The fourth-order valence-corrected chi connectivity index (χ4v) is 3.62. The Morgan fingerprint density at radius 3 is 2.44 bits per heavy atom. The molecular formula is C23H28BrN3O5.